The fourth-order valence-corrected chi connectivity index (χ4v) is 6.65. The topological polar surface area (TPSA) is 97.1 Å². The summed E-state index contributed by atoms with van der Waals surface area (Å²) < 4.78 is 40.0. The van der Waals surface area contributed by atoms with Gasteiger partial charge in [0.15, 0.2) is 0 Å². The van der Waals surface area contributed by atoms with E-state index in [0.29, 0.717) is 41.2 Å². The second-order valence-electron chi connectivity index (χ2n) is 10.5. The number of halogens is 3. The van der Waals surface area contributed by atoms with Crippen LogP contribution in [-0.4, -0.2) is 62.9 Å². The number of imidazole rings is 1. The van der Waals surface area contributed by atoms with Crippen molar-refractivity contribution in [3.05, 3.63) is 67.8 Å². The molecule has 8 nitrogen and oxygen atoms in total. The first-order valence-electron chi connectivity index (χ1n) is 13.3. The van der Waals surface area contributed by atoms with Gasteiger partial charge in [0.2, 0.25) is 0 Å². The maximum atomic E-state index is 13.3. The van der Waals surface area contributed by atoms with Crippen LogP contribution in [0, 0.1) is 0 Å². The molecule has 4 aromatic rings. The van der Waals surface area contributed by atoms with Gasteiger partial charge in [-0.1, -0.05) is 0 Å². The number of thiophene rings is 1. The Kier molecular flexibility index (Phi) is 6.91. The fourth-order valence-electron chi connectivity index (χ4n) is 5.63. The third-order valence-corrected chi connectivity index (χ3v) is 8.56. The molecule has 12 heteroatoms. The highest BCUT2D eigenvalue weighted by molar-refractivity contribution is 7.10. The van der Waals surface area contributed by atoms with Gasteiger partial charge in [0.1, 0.15) is 11.4 Å². The van der Waals surface area contributed by atoms with Crippen LogP contribution in [0.4, 0.5) is 18.9 Å². The molecule has 1 fully saturated rings. The molecule has 40 heavy (non-hydrogen) atoms. The Labute approximate surface area is 232 Å². The zero-order valence-corrected chi connectivity index (χ0v) is 22.7. The van der Waals surface area contributed by atoms with Gasteiger partial charge >= 0.3 is 6.18 Å². The minimum atomic E-state index is -4.41. The van der Waals surface area contributed by atoms with E-state index in [1.807, 2.05) is 11.0 Å². The molecule has 5 heterocycles. The number of carbonyl (C=O) groups is 1. The Morgan fingerprint density at radius 2 is 1.95 bits per heavy atom. The summed E-state index contributed by atoms with van der Waals surface area (Å²) >= 11 is 1.06. The lowest BCUT2D eigenvalue weighted by Crippen LogP contribution is -2.33. The van der Waals surface area contributed by atoms with Crippen molar-refractivity contribution in [3.63, 3.8) is 0 Å². The number of nitrogens with zero attached hydrogens (tertiary/aromatic N) is 3. The lowest BCUT2D eigenvalue weighted by molar-refractivity contribution is -0.137. The van der Waals surface area contributed by atoms with Crippen LogP contribution in [0.5, 0.6) is 0 Å². The molecule has 0 aliphatic carbocycles. The van der Waals surface area contributed by atoms with E-state index >= 15 is 0 Å². The second-order valence-corrected chi connectivity index (χ2v) is 11.5. The fraction of sp³-hybridized carbons (Fsp3) is 0.393. The first-order chi connectivity index (χ1) is 19.2. The summed E-state index contributed by atoms with van der Waals surface area (Å²) in [7, 11) is 0. The maximum absolute atomic E-state index is 13.3. The van der Waals surface area contributed by atoms with Crippen LogP contribution >= 0.6 is 11.3 Å². The smallest absolute Gasteiger partial charge is 0.381 e. The van der Waals surface area contributed by atoms with Gasteiger partial charge in [-0.25, -0.2) is 4.98 Å². The van der Waals surface area contributed by atoms with Gasteiger partial charge in [-0.2, -0.15) is 13.2 Å². The van der Waals surface area contributed by atoms with Crippen molar-refractivity contribution < 1.29 is 18.0 Å². The van der Waals surface area contributed by atoms with Crippen molar-refractivity contribution in [3.8, 4) is 11.4 Å². The minimum Gasteiger partial charge on any atom is -0.381 e. The van der Waals surface area contributed by atoms with Crippen LogP contribution in [0.1, 0.15) is 46.1 Å². The minimum absolute atomic E-state index is 0.0128. The number of anilines is 1. The van der Waals surface area contributed by atoms with Gasteiger partial charge in [0.25, 0.3) is 11.5 Å². The molecule has 2 aliphatic heterocycles. The van der Waals surface area contributed by atoms with Gasteiger partial charge in [-0.3, -0.25) is 9.59 Å². The average Bonchev–Trinajstić information content (AvgIpc) is 3.69. The number of carbonyl (C=O) groups excluding carboxylic acids is 1. The lowest BCUT2D eigenvalue weighted by atomic mass is 10.1. The van der Waals surface area contributed by atoms with Crippen molar-refractivity contribution >= 4 is 34.0 Å². The Hall–Kier alpha value is -3.64. The zero-order chi connectivity index (χ0) is 28.0. The second kappa shape index (κ2) is 10.4. The zero-order valence-electron chi connectivity index (χ0n) is 21.9. The average molecular weight is 571 g/mol. The molecule has 1 amide bonds. The predicted octanol–water partition coefficient (Wildman–Crippen LogP) is 5.09. The number of H-pyrrole nitrogens is 2. The van der Waals surface area contributed by atoms with Crippen LogP contribution < -0.4 is 10.9 Å². The van der Waals surface area contributed by atoms with Crippen LogP contribution in [0.2, 0.25) is 0 Å². The van der Waals surface area contributed by atoms with Gasteiger partial charge in [0, 0.05) is 48.7 Å². The number of amides is 1. The number of hydrogen-bond donors (Lipinski definition) is 3. The highest BCUT2D eigenvalue weighted by Gasteiger charge is 2.34. The Morgan fingerprint density at radius 1 is 1.15 bits per heavy atom. The van der Waals surface area contributed by atoms with E-state index in [1.165, 1.54) is 24.4 Å². The first kappa shape index (κ1) is 26.6. The quantitative estimate of drug-likeness (QED) is 0.274. The van der Waals surface area contributed by atoms with Crippen LogP contribution in [0.3, 0.4) is 0 Å². The number of nitrogens with one attached hydrogen (secondary N) is 3. The van der Waals surface area contributed by atoms with E-state index < -0.39 is 17.8 Å². The highest BCUT2D eigenvalue weighted by Crippen LogP contribution is 2.36. The SMILES string of the molecule is C[C@@H](Cc1sccc1C(F)(F)F)Nc1cc[nH]c(=O)c1-c1nc2cc3c(cc2[nH]1)CN(CCN1CCCC1)C3=O. The molecule has 210 valence electrons. The van der Waals surface area contributed by atoms with E-state index in [4.69, 9.17) is 0 Å². The van der Waals surface area contributed by atoms with Crippen molar-refractivity contribution in [1.29, 1.82) is 0 Å². The molecule has 1 aromatic carbocycles. The summed E-state index contributed by atoms with van der Waals surface area (Å²) in [5.74, 6) is 0.307. The monoisotopic (exact) mass is 570 g/mol. The molecule has 0 bridgehead atoms. The number of pyridine rings is 1. The molecule has 0 radical (unpaired) electrons. The molecule has 0 saturated carbocycles. The summed E-state index contributed by atoms with van der Waals surface area (Å²) in [5, 5.41) is 4.64. The Morgan fingerprint density at radius 3 is 2.73 bits per heavy atom. The normalized spacial score (nSPS) is 16.7. The molecule has 1 saturated heterocycles. The van der Waals surface area contributed by atoms with Gasteiger partial charge < -0.3 is 25.1 Å². The summed E-state index contributed by atoms with van der Waals surface area (Å²) in [6.45, 7) is 6.03. The van der Waals surface area contributed by atoms with Crippen molar-refractivity contribution in [1.82, 2.24) is 24.8 Å². The van der Waals surface area contributed by atoms with E-state index in [2.05, 4.69) is 25.2 Å². The van der Waals surface area contributed by atoms with Crippen molar-refractivity contribution in [2.45, 2.75) is 44.9 Å². The largest absolute Gasteiger partial charge is 0.417 e. The summed E-state index contributed by atoms with van der Waals surface area (Å²) in [5.41, 5.74) is 2.50. The number of rotatable bonds is 8. The Balaban J connectivity index is 1.23. The van der Waals surface area contributed by atoms with Crippen molar-refractivity contribution in [2.24, 2.45) is 0 Å². The lowest BCUT2D eigenvalue weighted by Gasteiger charge is -2.20. The van der Waals surface area contributed by atoms with Gasteiger partial charge in [-0.15, -0.1) is 11.3 Å². The van der Waals surface area contributed by atoms with Crippen LogP contribution in [-0.2, 0) is 19.1 Å². The van der Waals surface area contributed by atoms with E-state index in [0.717, 1.165) is 42.6 Å². The molecule has 3 aromatic heterocycles. The number of aromatic nitrogens is 3. The number of benzene rings is 1. The summed E-state index contributed by atoms with van der Waals surface area (Å²) in [4.78, 5) is 41.0. The Bertz CT molecular complexity index is 1620. The van der Waals surface area contributed by atoms with E-state index in [-0.39, 0.29) is 28.3 Å². The number of hydrogen-bond acceptors (Lipinski definition) is 6. The molecule has 2 aliphatic rings. The molecular weight excluding hydrogens is 541 g/mol. The number of fused-ring (bicyclic) bond motifs is 2. The highest BCUT2D eigenvalue weighted by atomic mass is 32.1. The molecule has 0 unspecified atom stereocenters. The number of alkyl halides is 3. The molecule has 0 spiro atoms. The molecule has 1 atom stereocenters. The maximum Gasteiger partial charge on any atom is 0.417 e. The third kappa shape index (κ3) is 5.13. The summed E-state index contributed by atoms with van der Waals surface area (Å²) in [6.07, 6.45) is -0.367. The number of likely N-dealkylation sites (tertiary alicyclic amines) is 1. The summed E-state index contributed by atoms with van der Waals surface area (Å²) in [6, 6.07) is 6.05. The standard InChI is InChI=1S/C28H29F3N6O2S/c1-16(12-23-19(5-11-40-23)28(29,30)31)33-20-4-6-32-26(38)24(20)25-34-21-13-17-15-37(10-9-36-7-2-3-8-36)27(39)18(17)14-22(21)35-25/h4-6,11,13-14,16H,2-3,7-10,12,15H2,1H3,(H,34,35)(H2,32,33,38)/t16-/m0/s1. The van der Waals surface area contributed by atoms with Crippen LogP contribution in [0.25, 0.3) is 22.4 Å². The van der Waals surface area contributed by atoms with E-state index in [9.17, 15) is 22.8 Å². The molecule has 6 rings (SSSR count). The van der Waals surface area contributed by atoms with Crippen molar-refractivity contribution in [2.75, 3.05) is 31.5 Å². The third-order valence-electron chi connectivity index (χ3n) is 7.61. The molecule has 3 N–H and O–H groups in total. The first-order valence-corrected chi connectivity index (χ1v) is 14.2. The van der Waals surface area contributed by atoms with E-state index in [1.54, 1.807) is 19.1 Å². The molecular formula is C28H29F3N6O2S. The van der Waals surface area contributed by atoms with Gasteiger partial charge in [-0.05, 0) is 68.1 Å². The number of aromatic amines is 2. The van der Waals surface area contributed by atoms with Crippen LogP contribution in [0.15, 0.2) is 40.6 Å². The van der Waals surface area contributed by atoms with Gasteiger partial charge in [0.05, 0.1) is 22.3 Å². The predicted molar refractivity (Wildman–Crippen MR) is 149 cm³/mol.